The van der Waals surface area contributed by atoms with Crippen LogP contribution in [0.15, 0.2) is 77.5 Å². The van der Waals surface area contributed by atoms with Crippen molar-refractivity contribution in [3.63, 3.8) is 0 Å². The molecule has 1 aliphatic heterocycles. The Morgan fingerprint density at radius 3 is 2.32 bits per heavy atom. The molecule has 156 valence electrons. The SMILES string of the molecule is O=C(Cn1c(-c2ccccc2)cc2ccccc21)N1CCN(c2ncc(Br)cn2)CC1. The van der Waals surface area contributed by atoms with Gasteiger partial charge in [-0.2, -0.15) is 0 Å². The third-order valence-corrected chi connectivity index (χ3v) is 6.10. The molecule has 31 heavy (non-hydrogen) atoms. The number of benzene rings is 2. The second kappa shape index (κ2) is 8.51. The molecule has 1 saturated heterocycles. The molecule has 4 aromatic rings. The second-order valence-electron chi connectivity index (χ2n) is 7.61. The molecule has 0 unspecified atom stereocenters. The molecule has 7 heteroatoms. The van der Waals surface area contributed by atoms with E-state index in [9.17, 15) is 4.79 Å². The van der Waals surface area contributed by atoms with Crippen molar-refractivity contribution in [2.45, 2.75) is 6.54 Å². The van der Waals surface area contributed by atoms with E-state index in [0.717, 1.165) is 39.7 Å². The summed E-state index contributed by atoms with van der Waals surface area (Å²) in [5.74, 6) is 0.841. The Morgan fingerprint density at radius 2 is 1.58 bits per heavy atom. The number of fused-ring (bicyclic) bond motifs is 1. The third-order valence-electron chi connectivity index (χ3n) is 5.70. The monoisotopic (exact) mass is 475 g/mol. The normalized spacial score (nSPS) is 14.2. The van der Waals surface area contributed by atoms with Crippen molar-refractivity contribution < 1.29 is 4.79 Å². The Morgan fingerprint density at radius 1 is 0.903 bits per heavy atom. The summed E-state index contributed by atoms with van der Waals surface area (Å²) in [6.07, 6.45) is 3.50. The minimum Gasteiger partial charge on any atom is -0.338 e. The molecular formula is C24H22BrN5O. The third kappa shape index (κ3) is 4.05. The van der Waals surface area contributed by atoms with E-state index in [1.807, 2.05) is 35.2 Å². The molecular weight excluding hydrogens is 454 g/mol. The van der Waals surface area contributed by atoms with Crippen molar-refractivity contribution in [3.05, 3.63) is 77.5 Å². The molecule has 1 fully saturated rings. The van der Waals surface area contributed by atoms with Crippen molar-refractivity contribution in [2.75, 3.05) is 31.1 Å². The van der Waals surface area contributed by atoms with Crippen LogP contribution in [0.25, 0.3) is 22.2 Å². The maximum atomic E-state index is 13.2. The summed E-state index contributed by atoms with van der Waals surface area (Å²) >= 11 is 3.37. The molecule has 0 spiro atoms. The van der Waals surface area contributed by atoms with E-state index >= 15 is 0 Å². The highest BCUT2D eigenvalue weighted by Gasteiger charge is 2.24. The Balaban J connectivity index is 1.35. The van der Waals surface area contributed by atoms with Gasteiger partial charge in [-0.25, -0.2) is 9.97 Å². The summed E-state index contributed by atoms with van der Waals surface area (Å²) < 4.78 is 3.00. The number of piperazine rings is 1. The van der Waals surface area contributed by atoms with Gasteiger partial charge in [-0.05, 0) is 33.6 Å². The minimum absolute atomic E-state index is 0.134. The van der Waals surface area contributed by atoms with Crippen molar-refractivity contribution in [2.24, 2.45) is 0 Å². The lowest BCUT2D eigenvalue weighted by atomic mass is 10.1. The van der Waals surface area contributed by atoms with E-state index in [0.29, 0.717) is 25.6 Å². The molecule has 2 aromatic carbocycles. The van der Waals surface area contributed by atoms with Crippen molar-refractivity contribution in [1.82, 2.24) is 19.4 Å². The van der Waals surface area contributed by atoms with E-state index in [2.05, 4.69) is 65.7 Å². The zero-order valence-corrected chi connectivity index (χ0v) is 18.6. The van der Waals surface area contributed by atoms with Gasteiger partial charge in [0.1, 0.15) is 6.54 Å². The van der Waals surface area contributed by atoms with Crippen molar-refractivity contribution in [3.8, 4) is 11.3 Å². The van der Waals surface area contributed by atoms with Gasteiger partial charge in [0.05, 0.1) is 4.47 Å². The van der Waals surface area contributed by atoms with E-state index < -0.39 is 0 Å². The number of nitrogens with zero attached hydrogens (tertiary/aromatic N) is 5. The highest BCUT2D eigenvalue weighted by molar-refractivity contribution is 9.10. The minimum atomic E-state index is 0.134. The first-order valence-corrected chi connectivity index (χ1v) is 11.1. The lowest BCUT2D eigenvalue weighted by Gasteiger charge is -2.35. The van der Waals surface area contributed by atoms with Crippen LogP contribution in [0.5, 0.6) is 0 Å². The highest BCUT2D eigenvalue weighted by atomic mass is 79.9. The van der Waals surface area contributed by atoms with Crippen LogP contribution in [0.4, 0.5) is 5.95 Å². The number of hydrogen-bond acceptors (Lipinski definition) is 4. The fraction of sp³-hybridized carbons (Fsp3) is 0.208. The number of rotatable bonds is 4. The van der Waals surface area contributed by atoms with Gasteiger partial charge in [0, 0.05) is 55.2 Å². The summed E-state index contributed by atoms with van der Waals surface area (Å²) in [6.45, 7) is 3.11. The molecule has 1 amide bonds. The Bertz CT molecular complexity index is 1200. The van der Waals surface area contributed by atoms with E-state index in [1.54, 1.807) is 12.4 Å². The quantitative estimate of drug-likeness (QED) is 0.443. The number of amides is 1. The predicted molar refractivity (Wildman–Crippen MR) is 126 cm³/mol. The van der Waals surface area contributed by atoms with Gasteiger partial charge >= 0.3 is 0 Å². The van der Waals surface area contributed by atoms with Crippen molar-refractivity contribution >= 4 is 38.7 Å². The van der Waals surface area contributed by atoms with Crippen LogP contribution in [0.2, 0.25) is 0 Å². The van der Waals surface area contributed by atoms with Crippen LogP contribution in [-0.4, -0.2) is 51.5 Å². The average molecular weight is 476 g/mol. The fourth-order valence-electron chi connectivity index (χ4n) is 4.09. The van der Waals surface area contributed by atoms with E-state index in [1.165, 1.54) is 0 Å². The molecule has 0 bridgehead atoms. The van der Waals surface area contributed by atoms with Gasteiger partial charge < -0.3 is 14.4 Å². The van der Waals surface area contributed by atoms with Crippen LogP contribution in [0.3, 0.4) is 0 Å². The number of para-hydroxylation sites is 1. The first kappa shape index (κ1) is 19.8. The number of anilines is 1. The predicted octanol–water partition coefficient (Wildman–Crippen LogP) is 4.21. The van der Waals surface area contributed by atoms with Crippen LogP contribution in [-0.2, 0) is 11.3 Å². The molecule has 0 N–H and O–H groups in total. The number of hydrogen-bond donors (Lipinski definition) is 0. The molecule has 0 aliphatic carbocycles. The zero-order chi connectivity index (χ0) is 21.2. The number of carbonyl (C=O) groups is 1. The van der Waals surface area contributed by atoms with Gasteiger partial charge in [-0.1, -0.05) is 48.5 Å². The van der Waals surface area contributed by atoms with E-state index in [4.69, 9.17) is 0 Å². The number of halogens is 1. The topological polar surface area (TPSA) is 54.3 Å². The first-order valence-electron chi connectivity index (χ1n) is 10.3. The fourth-order valence-corrected chi connectivity index (χ4v) is 4.29. The Labute approximate surface area is 189 Å². The van der Waals surface area contributed by atoms with Crippen LogP contribution >= 0.6 is 15.9 Å². The number of carbonyl (C=O) groups excluding carboxylic acids is 1. The summed E-state index contributed by atoms with van der Waals surface area (Å²) in [7, 11) is 0. The maximum absolute atomic E-state index is 13.2. The molecule has 2 aromatic heterocycles. The molecule has 0 saturated carbocycles. The Hall–Kier alpha value is -3.19. The van der Waals surface area contributed by atoms with Gasteiger partial charge in [0.15, 0.2) is 0 Å². The Kier molecular flexibility index (Phi) is 5.42. The van der Waals surface area contributed by atoms with Crippen LogP contribution in [0.1, 0.15) is 0 Å². The molecule has 5 rings (SSSR count). The lowest BCUT2D eigenvalue weighted by molar-refractivity contribution is -0.132. The maximum Gasteiger partial charge on any atom is 0.242 e. The van der Waals surface area contributed by atoms with Crippen LogP contribution < -0.4 is 4.90 Å². The largest absolute Gasteiger partial charge is 0.338 e. The summed E-state index contributed by atoms with van der Waals surface area (Å²) in [5, 5.41) is 1.14. The van der Waals surface area contributed by atoms with Gasteiger partial charge in [-0.3, -0.25) is 4.79 Å². The number of aromatic nitrogens is 3. The highest BCUT2D eigenvalue weighted by Crippen LogP contribution is 2.28. The smallest absolute Gasteiger partial charge is 0.242 e. The molecule has 0 atom stereocenters. The molecule has 6 nitrogen and oxygen atoms in total. The van der Waals surface area contributed by atoms with Crippen LogP contribution in [0, 0.1) is 0 Å². The summed E-state index contributed by atoms with van der Waals surface area (Å²) in [6, 6.07) is 20.7. The summed E-state index contributed by atoms with van der Waals surface area (Å²) in [4.78, 5) is 26.0. The second-order valence-corrected chi connectivity index (χ2v) is 8.53. The van der Waals surface area contributed by atoms with Gasteiger partial charge in [0.25, 0.3) is 0 Å². The zero-order valence-electron chi connectivity index (χ0n) is 17.0. The van der Waals surface area contributed by atoms with Gasteiger partial charge in [0.2, 0.25) is 11.9 Å². The standard InChI is InChI=1S/C24H22BrN5O/c25-20-15-26-24(27-16-20)29-12-10-28(11-13-29)23(31)17-30-21-9-5-4-8-19(21)14-22(30)18-6-2-1-3-7-18/h1-9,14-16H,10-13,17H2. The first-order chi connectivity index (χ1) is 15.2. The lowest BCUT2D eigenvalue weighted by Crippen LogP contribution is -2.50. The molecule has 0 radical (unpaired) electrons. The van der Waals surface area contributed by atoms with E-state index in [-0.39, 0.29) is 5.91 Å². The van der Waals surface area contributed by atoms with Crippen molar-refractivity contribution in [1.29, 1.82) is 0 Å². The summed E-state index contributed by atoms with van der Waals surface area (Å²) in [5.41, 5.74) is 3.26. The molecule has 3 heterocycles. The molecule has 1 aliphatic rings. The average Bonchev–Trinajstić information content (AvgIpc) is 3.19. The van der Waals surface area contributed by atoms with Gasteiger partial charge in [-0.15, -0.1) is 0 Å².